The molecular formula is C30H54N2O2. The number of hydrogen-bond donors (Lipinski definition) is 2. The molecule has 0 heterocycles. The highest BCUT2D eigenvalue weighted by Crippen LogP contribution is 2.68. The van der Waals surface area contributed by atoms with Gasteiger partial charge >= 0.3 is 5.97 Å². The topological polar surface area (TPSA) is 50.4 Å². The number of rotatable bonds is 9. The zero-order chi connectivity index (χ0) is 24.5. The van der Waals surface area contributed by atoms with E-state index in [0.29, 0.717) is 29.2 Å². The highest BCUT2D eigenvalue weighted by Gasteiger charge is 2.60. The lowest BCUT2D eigenvalue weighted by Crippen LogP contribution is -2.55. The number of esters is 1. The Morgan fingerprint density at radius 1 is 0.941 bits per heavy atom. The van der Waals surface area contributed by atoms with Crippen LogP contribution in [-0.2, 0) is 9.53 Å². The van der Waals surface area contributed by atoms with Crippen molar-refractivity contribution in [1.29, 1.82) is 0 Å². The van der Waals surface area contributed by atoms with Gasteiger partial charge in [-0.3, -0.25) is 4.79 Å². The predicted octanol–water partition coefficient (Wildman–Crippen LogP) is 6.19. The van der Waals surface area contributed by atoms with E-state index >= 15 is 0 Å². The minimum atomic E-state index is -0.0391. The number of carbonyl (C=O) groups is 1. The van der Waals surface area contributed by atoms with Crippen LogP contribution in [0.15, 0.2) is 0 Å². The normalized spacial score (nSPS) is 42.6. The van der Waals surface area contributed by atoms with Crippen LogP contribution in [0, 0.1) is 46.3 Å². The Hall–Kier alpha value is -0.610. The van der Waals surface area contributed by atoms with Crippen LogP contribution in [0.4, 0.5) is 0 Å². The third-order valence-electron chi connectivity index (χ3n) is 11.6. The van der Waals surface area contributed by atoms with E-state index in [2.05, 4.69) is 45.3 Å². The minimum absolute atomic E-state index is 0.0391. The second kappa shape index (κ2) is 10.8. The Kier molecular flexibility index (Phi) is 8.39. The van der Waals surface area contributed by atoms with Gasteiger partial charge in [0.15, 0.2) is 0 Å². The molecule has 0 bridgehead atoms. The zero-order valence-electron chi connectivity index (χ0n) is 23.1. The monoisotopic (exact) mass is 474 g/mol. The molecule has 0 spiro atoms. The van der Waals surface area contributed by atoms with Crippen LogP contribution >= 0.6 is 0 Å². The van der Waals surface area contributed by atoms with Crippen molar-refractivity contribution in [2.24, 2.45) is 46.3 Å². The first-order valence-electron chi connectivity index (χ1n) is 14.7. The van der Waals surface area contributed by atoms with E-state index in [1.54, 1.807) is 0 Å². The van der Waals surface area contributed by atoms with Crippen LogP contribution in [0.1, 0.15) is 105 Å². The van der Waals surface area contributed by atoms with Gasteiger partial charge < -0.3 is 15.4 Å². The first-order chi connectivity index (χ1) is 16.2. The van der Waals surface area contributed by atoms with E-state index in [4.69, 9.17) is 4.74 Å². The molecule has 4 aliphatic carbocycles. The van der Waals surface area contributed by atoms with E-state index in [-0.39, 0.29) is 5.97 Å². The second-order valence-corrected chi connectivity index (χ2v) is 13.5. The lowest BCUT2D eigenvalue weighted by Gasteiger charge is -2.61. The highest BCUT2D eigenvalue weighted by atomic mass is 16.5. The lowest BCUT2D eigenvalue weighted by atomic mass is 9.44. The van der Waals surface area contributed by atoms with Gasteiger partial charge in [0.2, 0.25) is 0 Å². The van der Waals surface area contributed by atoms with E-state index in [9.17, 15) is 4.79 Å². The van der Waals surface area contributed by atoms with Crippen LogP contribution < -0.4 is 10.6 Å². The minimum Gasteiger partial charge on any atom is -0.469 e. The SMILES string of the molecule is COC(=O)CC[C@@H](C)[C@H]1CCC2C3CCC4C[C@H](NCCNC(C)C)CC[C@]4(C)C3CC[C@@]21C. The number of fused-ring (bicyclic) bond motifs is 5. The van der Waals surface area contributed by atoms with Crippen LogP contribution in [0.2, 0.25) is 0 Å². The number of methoxy groups -OCH3 is 1. The van der Waals surface area contributed by atoms with Crippen molar-refractivity contribution in [2.75, 3.05) is 20.2 Å². The Bertz CT molecular complexity index is 695. The molecule has 0 radical (unpaired) electrons. The third kappa shape index (κ3) is 5.10. The molecule has 9 atom stereocenters. The van der Waals surface area contributed by atoms with Crippen molar-refractivity contribution < 1.29 is 9.53 Å². The molecule has 4 aliphatic rings. The molecule has 2 N–H and O–H groups in total. The summed E-state index contributed by atoms with van der Waals surface area (Å²) in [6, 6.07) is 1.30. The van der Waals surface area contributed by atoms with Gasteiger partial charge in [0.25, 0.3) is 0 Å². The van der Waals surface area contributed by atoms with Crippen molar-refractivity contribution in [3.8, 4) is 0 Å². The average molecular weight is 475 g/mol. The molecule has 0 aliphatic heterocycles. The van der Waals surface area contributed by atoms with Crippen molar-refractivity contribution in [3.05, 3.63) is 0 Å². The van der Waals surface area contributed by atoms with Crippen LogP contribution in [0.3, 0.4) is 0 Å². The Morgan fingerprint density at radius 2 is 1.68 bits per heavy atom. The smallest absolute Gasteiger partial charge is 0.305 e. The largest absolute Gasteiger partial charge is 0.469 e. The maximum atomic E-state index is 11.7. The number of ether oxygens (including phenoxy) is 1. The van der Waals surface area contributed by atoms with Crippen molar-refractivity contribution >= 4 is 5.97 Å². The molecule has 4 fully saturated rings. The van der Waals surface area contributed by atoms with E-state index in [1.165, 1.54) is 64.9 Å². The summed E-state index contributed by atoms with van der Waals surface area (Å²) < 4.78 is 4.92. The fourth-order valence-corrected chi connectivity index (χ4v) is 9.70. The Balaban J connectivity index is 1.36. The number of nitrogens with one attached hydrogen (secondary N) is 2. The van der Waals surface area contributed by atoms with Gasteiger partial charge in [-0.05, 0) is 111 Å². The summed E-state index contributed by atoms with van der Waals surface area (Å²) in [5.41, 5.74) is 1.05. The second-order valence-electron chi connectivity index (χ2n) is 13.5. The van der Waals surface area contributed by atoms with Gasteiger partial charge in [0.05, 0.1) is 7.11 Å². The third-order valence-corrected chi connectivity index (χ3v) is 11.6. The molecule has 0 aromatic heterocycles. The molecule has 4 rings (SSSR count). The molecule has 0 saturated heterocycles. The molecule has 0 aromatic carbocycles. The zero-order valence-corrected chi connectivity index (χ0v) is 23.1. The molecule has 4 heteroatoms. The van der Waals surface area contributed by atoms with Gasteiger partial charge in [0.1, 0.15) is 0 Å². The standard InChI is InChI=1S/C30H54N2O2/c1-20(2)31-17-18-32-23-13-15-29(4)22(19-23)8-9-24-26-11-10-25(21(3)7-12-28(33)34-6)30(26,5)16-14-27(24)29/h20-27,31-32H,7-19H2,1-6H3/t21-,22?,23-,24?,25-,26?,27?,29+,30-/m1/s1. The summed E-state index contributed by atoms with van der Waals surface area (Å²) in [6.45, 7) is 14.4. The van der Waals surface area contributed by atoms with Gasteiger partial charge in [-0.1, -0.05) is 34.6 Å². The fraction of sp³-hybridized carbons (Fsp3) is 0.967. The van der Waals surface area contributed by atoms with Crippen LogP contribution in [-0.4, -0.2) is 38.3 Å². The summed E-state index contributed by atoms with van der Waals surface area (Å²) in [5, 5.41) is 7.44. The average Bonchev–Trinajstić information content (AvgIpc) is 3.17. The quantitative estimate of drug-likeness (QED) is 0.309. The lowest BCUT2D eigenvalue weighted by molar-refractivity contribution is -0.141. The Morgan fingerprint density at radius 3 is 2.41 bits per heavy atom. The molecule has 4 saturated carbocycles. The summed E-state index contributed by atoms with van der Waals surface area (Å²) in [4.78, 5) is 11.7. The summed E-state index contributed by atoms with van der Waals surface area (Å²) in [7, 11) is 1.52. The van der Waals surface area contributed by atoms with E-state index < -0.39 is 0 Å². The maximum Gasteiger partial charge on any atom is 0.305 e. The summed E-state index contributed by atoms with van der Waals surface area (Å²) >= 11 is 0. The first-order valence-corrected chi connectivity index (χ1v) is 14.7. The number of hydrogen-bond acceptors (Lipinski definition) is 4. The molecular weight excluding hydrogens is 420 g/mol. The highest BCUT2D eigenvalue weighted by molar-refractivity contribution is 5.69. The van der Waals surface area contributed by atoms with Crippen molar-refractivity contribution in [1.82, 2.24) is 10.6 Å². The predicted molar refractivity (Wildman–Crippen MR) is 141 cm³/mol. The van der Waals surface area contributed by atoms with Gasteiger partial charge in [0, 0.05) is 31.6 Å². The maximum absolute atomic E-state index is 11.7. The van der Waals surface area contributed by atoms with Gasteiger partial charge in [-0.2, -0.15) is 0 Å². The van der Waals surface area contributed by atoms with E-state index in [1.807, 2.05) is 0 Å². The first kappa shape index (κ1) is 26.5. The van der Waals surface area contributed by atoms with Gasteiger partial charge in [-0.15, -0.1) is 0 Å². The van der Waals surface area contributed by atoms with Crippen molar-refractivity contribution in [3.63, 3.8) is 0 Å². The van der Waals surface area contributed by atoms with Gasteiger partial charge in [-0.25, -0.2) is 0 Å². The molecule has 4 unspecified atom stereocenters. The fourth-order valence-electron chi connectivity index (χ4n) is 9.70. The summed E-state index contributed by atoms with van der Waals surface area (Å²) in [5.74, 6) is 5.08. The van der Waals surface area contributed by atoms with Crippen molar-refractivity contribution in [2.45, 2.75) is 117 Å². The Labute approximate surface area is 210 Å². The number of carbonyl (C=O) groups excluding carboxylic acids is 1. The molecule has 196 valence electrons. The van der Waals surface area contributed by atoms with Crippen LogP contribution in [0.25, 0.3) is 0 Å². The molecule has 0 aromatic rings. The molecule has 34 heavy (non-hydrogen) atoms. The molecule has 4 nitrogen and oxygen atoms in total. The van der Waals surface area contributed by atoms with E-state index in [0.717, 1.165) is 55.1 Å². The molecule has 0 amide bonds. The van der Waals surface area contributed by atoms with Crippen LogP contribution in [0.5, 0.6) is 0 Å². The summed E-state index contributed by atoms with van der Waals surface area (Å²) in [6.07, 6.45) is 14.4.